The molecule has 0 saturated carbocycles. The van der Waals surface area contributed by atoms with E-state index in [-0.39, 0.29) is 17.2 Å². The van der Waals surface area contributed by atoms with E-state index >= 15 is 0 Å². The summed E-state index contributed by atoms with van der Waals surface area (Å²) in [5, 5.41) is 14.1. The Morgan fingerprint density at radius 1 is 1.40 bits per heavy atom. The van der Waals surface area contributed by atoms with Crippen molar-refractivity contribution in [3.05, 3.63) is 40.1 Å². The molecule has 0 aliphatic rings. The van der Waals surface area contributed by atoms with E-state index in [0.717, 1.165) is 18.2 Å². The number of non-ortho nitro benzene ring substituents is 1. The maximum absolute atomic E-state index is 12.1. The van der Waals surface area contributed by atoms with Gasteiger partial charge in [-0.15, -0.1) is 0 Å². The van der Waals surface area contributed by atoms with Crippen LogP contribution in [0.3, 0.4) is 0 Å². The van der Waals surface area contributed by atoms with E-state index in [2.05, 4.69) is 9.88 Å². The number of hydrogen-bond acceptors (Lipinski definition) is 7. The highest BCUT2D eigenvalue weighted by molar-refractivity contribution is 7.92. The van der Waals surface area contributed by atoms with Gasteiger partial charge >= 0.3 is 0 Å². The Morgan fingerprint density at radius 3 is 2.65 bits per heavy atom. The number of nitrogen functional groups attached to an aromatic ring is 1. The number of aryl methyl sites for hydroxylation is 1. The summed E-state index contributed by atoms with van der Waals surface area (Å²) in [7, 11) is -4.09. The van der Waals surface area contributed by atoms with Crippen molar-refractivity contribution in [1.82, 2.24) is 5.16 Å². The molecule has 3 N–H and O–H groups in total. The molecule has 0 aliphatic heterocycles. The van der Waals surface area contributed by atoms with E-state index in [9.17, 15) is 18.5 Å². The molecule has 0 spiro atoms. The summed E-state index contributed by atoms with van der Waals surface area (Å²) in [5.74, 6) is 0.378. The molecule has 2 rings (SSSR count). The Morgan fingerprint density at radius 2 is 2.10 bits per heavy atom. The zero-order chi connectivity index (χ0) is 14.9. The number of aromatic nitrogens is 1. The average molecular weight is 298 g/mol. The fourth-order valence-corrected chi connectivity index (χ4v) is 2.61. The number of hydrogen-bond donors (Lipinski definition) is 2. The molecule has 0 unspecified atom stereocenters. The first-order chi connectivity index (χ1) is 9.29. The van der Waals surface area contributed by atoms with E-state index < -0.39 is 19.8 Å². The summed E-state index contributed by atoms with van der Waals surface area (Å²) >= 11 is 0. The second kappa shape index (κ2) is 4.81. The SMILES string of the molecule is Cc1cc(NS(=O)(=O)c2cc([N+](=O)[O-])ccc2N)no1. The molecular weight excluding hydrogens is 288 g/mol. The van der Waals surface area contributed by atoms with Gasteiger partial charge in [-0.1, -0.05) is 5.16 Å². The maximum atomic E-state index is 12.1. The van der Waals surface area contributed by atoms with Crippen molar-refractivity contribution in [3.8, 4) is 0 Å². The predicted molar refractivity (Wildman–Crippen MR) is 69.6 cm³/mol. The number of sulfonamides is 1. The van der Waals surface area contributed by atoms with Gasteiger partial charge in [0.1, 0.15) is 10.7 Å². The topological polar surface area (TPSA) is 141 Å². The van der Waals surface area contributed by atoms with Crippen LogP contribution in [0.25, 0.3) is 0 Å². The summed E-state index contributed by atoms with van der Waals surface area (Å²) < 4.78 is 31.1. The standard InChI is InChI=1S/C10H10N4O5S/c1-6-4-10(12-19-6)13-20(17,18)9-5-7(14(15)16)2-3-8(9)11/h2-5H,11H2,1H3,(H,12,13). The highest BCUT2D eigenvalue weighted by atomic mass is 32.2. The van der Waals surface area contributed by atoms with Gasteiger partial charge in [0.25, 0.3) is 15.7 Å². The zero-order valence-corrected chi connectivity index (χ0v) is 11.0. The van der Waals surface area contributed by atoms with Crippen molar-refractivity contribution in [1.29, 1.82) is 0 Å². The number of benzene rings is 1. The van der Waals surface area contributed by atoms with Crippen LogP contribution in [0.15, 0.2) is 33.7 Å². The Bertz CT molecular complexity index is 768. The number of nitrogens with two attached hydrogens (primary N) is 1. The van der Waals surface area contributed by atoms with Gasteiger partial charge in [0.2, 0.25) is 0 Å². The minimum absolute atomic E-state index is 0.0339. The average Bonchev–Trinajstić information content (AvgIpc) is 2.73. The van der Waals surface area contributed by atoms with Crippen LogP contribution in [0.5, 0.6) is 0 Å². The van der Waals surface area contributed by atoms with Crippen molar-refractivity contribution < 1.29 is 17.9 Å². The fourth-order valence-electron chi connectivity index (χ4n) is 1.48. The van der Waals surface area contributed by atoms with Crippen LogP contribution >= 0.6 is 0 Å². The Balaban J connectivity index is 2.43. The van der Waals surface area contributed by atoms with Crippen molar-refractivity contribution in [2.45, 2.75) is 11.8 Å². The molecule has 0 aliphatic carbocycles. The molecule has 0 radical (unpaired) electrons. The molecule has 9 nitrogen and oxygen atoms in total. The first kappa shape index (κ1) is 13.8. The normalized spacial score (nSPS) is 11.2. The van der Waals surface area contributed by atoms with Gasteiger partial charge in [-0.2, -0.15) is 0 Å². The van der Waals surface area contributed by atoms with E-state index in [4.69, 9.17) is 10.3 Å². The largest absolute Gasteiger partial charge is 0.398 e. The molecule has 1 aromatic heterocycles. The third-order valence-corrected chi connectivity index (χ3v) is 3.77. The van der Waals surface area contributed by atoms with Crippen LogP contribution < -0.4 is 10.5 Å². The van der Waals surface area contributed by atoms with Gasteiger partial charge in [-0.25, -0.2) is 8.42 Å². The van der Waals surface area contributed by atoms with Gasteiger partial charge in [-0.05, 0) is 13.0 Å². The molecule has 1 aromatic carbocycles. The molecule has 0 fully saturated rings. The molecular formula is C10H10N4O5S. The molecule has 106 valence electrons. The number of nitro benzene ring substituents is 1. The van der Waals surface area contributed by atoms with Crippen molar-refractivity contribution in [2.24, 2.45) is 0 Å². The van der Waals surface area contributed by atoms with Crippen molar-refractivity contribution in [3.63, 3.8) is 0 Å². The molecule has 2 aromatic rings. The molecule has 0 amide bonds. The third-order valence-electron chi connectivity index (χ3n) is 2.36. The lowest BCUT2D eigenvalue weighted by atomic mass is 10.3. The molecule has 0 bridgehead atoms. The monoisotopic (exact) mass is 298 g/mol. The van der Waals surface area contributed by atoms with E-state index in [1.807, 2.05) is 0 Å². The summed E-state index contributed by atoms with van der Waals surface area (Å²) in [6.07, 6.45) is 0. The number of nitrogens with one attached hydrogen (secondary N) is 1. The lowest BCUT2D eigenvalue weighted by Gasteiger charge is -2.07. The second-order valence-electron chi connectivity index (χ2n) is 3.91. The predicted octanol–water partition coefficient (Wildman–Crippen LogP) is 1.27. The summed E-state index contributed by atoms with van der Waals surface area (Å²) in [6.45, 7) is 1.59. The van der Waals surface area contributed by atoms with E-state index in [1.54, 1.807) is 6.92 Å². The fraction of sp³-hybridized carbons (Fsp3) is 0.100. The smallest absolute Gasteiger partial charge is 0.270 e. The van der Waals surface area contributed by atoms with Gasteiger partial charge < -0.3 is 10.3 Å². The van der Waals surface area contributed by atoms with E-state index in [1.165, 1.54) is 6.07 Å². The van der Waals surface area contributed by atoms with Gasteiger partial charge in [0.05, 0.1) is 10.6 Å². The first-order valence-electron chi connectivity index (χ1n) is 5.29. The third kappa shape index (κ3) is 2.69. The van der Waals surface area contributed by atoms with Crippen LogP contribution in [-0.2, 0) is 10.0 Å². The Kier molecular flexibility index (Phi) is 3.32. The highest BCUT2D eigenvalue weighted by Crippen LogP contribution is 2.25. The van der Waals surface area contributed by atoms with E-state index in [0.29, 0.717) is 5.76 Å². The summed E-state index contributed by atoms with van der Waals surface area (Å²) in [5.41, 5.74) is 5.06. The maximum Gasteiger partial charge on any atom is 0.270 e. The lowest BCUT2D eigenvalue weighted by Crippen LogP contribution is -2.15. The minimum Gasteiger partial charge on any atom is -0.398 e. The number of rotatable bonds is 4. The Labute approximate surface area is 113 Å². The van der Waals surface area contributed by atoms with Crippen molar-refractivity contribution in [2.75, 3.05) is 10.5 Å². The summed E-state index contributed by atoms with van der Waals surface area (Å²) in [4.78, 5) is 9.57. The number of nitro groups is 1. The highest BCUT2D eigenvalue weighted by Gasteiger charge is 2.22. The van der Waals surface area contributed by atoms with Crippen LogP contribution in [0.2, 0.25) is 0 Å². The zero-order valence-electron chi connectivity index (χ0n) is 10.2. The molecule has 10 heteroatoms. The lowest BCUT2D eigenvalue weighted by molar-refractivity contribution is -0.385. The Hall–Kier alpha value is -2.62. The van der Waals surface area contributed by atoms with Crippen LogP contribution in [0.4, 0.5) is 17.2 Å². The molecule has 0 atom stereocenters. The van der Waals surface area contributed by atoms with Gasteiger partial charge in [-0.3, -0.25) is 14.8 Å². The first-order valence-corrected chi connectivity index (χ1v) is 6.78. The molecule has 20 heavy (non-hydrogen) atoms. The van der Waals surface area contributed by atoms with Gasteiger partial charge in [0, 0.05) is 18.2 Å². The van der Waals surface area contributed by atoms with Gasteiger partial charge in [0.15, 0.2) is 5.82 Å². The minimum atomic E-state index is -4.09. The molecule has 0 saturated heterocycles. The van der Waals surface area contributed by atoms with Crippen molar-refractivity contribution >= 4 is 27.2 Å². The van der Waals surface area contributed by atoms with Crippen LogP contribution in [0, 0.1) is 17.0 Å². The number of anilines is 2. The molecule has 1 heterocycles. The van der Waals surface area contributed by atoms with Crippen LogP contribution in [-0.4, -0.2) is 18.5 Å². The number of nitrogens with zero attached hydrogens (tertiary/aromatic N) is 2. The second-order valence-corrected chi connectivity index (χ2v) is 5.56. The summed E-state index contributed by atoms with van der Waals surface area (Å²) in [6, 6.07) is 4.52. The quantitative estimate of drug-likeness (QED) is 0.491. The van der Waals surface area contributed by atoms with Crippen LogP contribution in [0.1, 0.15) is 5.76 Å².